The van der Waals surface area contributed by atoms with Crippen molar-refractivity contribution in [1.29, 1.82) is 0 Å². The molecular weight excluding hydrogens is 310 g/mol. The highest BCUT2D eigenvalue weighted by Gasteiger charge is 2.35. The zero-order valence-corrected chi connectivity index (χ0v) is 16.6. The van der Waals surface area contributed by atoms with Crippen LogP contribution in [-0.2, 0) is 0 Å². The van der Waals surface area contributed by atoms with Gasteiger partial charge in [0.1, 0.15) is 0 Å². The Labute approximate surface area is 154 Å². The molecule has 2 atom stereocenters. The Kier molecular flexibility index (Phi) is 7.41. The fourth-order valence-corrected chi connectivity index (χ4v) is 4.81. The molecular formula is C20H39N5. The molecule has 2 aliphatic heterocycles. The average Bonchev–Trinajstić information content (AvgIpc) is 2.94. The lowest BCUT2D eigenvalue weighted by molar-refractivity contribution is 0.275. The molecule has 5 heteroatoms. The SMILES string of the molecule is CCNC(=NCCCN1CCCN(C)CC1)N1CC2CCCCC2C1. The third kappa shape index (κ3) is 5.58. The van der Waals surface area contributed by atoms with Gasteiger partial charge in [-0.1, -0.05) is 12.8 Å². The number of hydrogen-bond donors (Lipinski definition) is 1. The third-order valence-electron chi connectivity index (χ3n) is 6.32. The number of fused-ring (bicyclic) bond motifs is 1. The van der Waals surface area contributed by atoms with E-state index in [0.717, 1.165) is 24.9 Å². The van der Waals surface area contributed by atoms with E-state index in [1.807, 2.05) is 0 Å². The maximum Gasteiger partial charge on any atom is 0.193 e. The minimum atomic E-state index is 0.923. The second-order valence-corrected chi connectivity index (χ2v) is 8.30. The molecule has 0 aromatic heterocycles. The summed E-state index contributed by atoms with van der Waals surface area (Å²) in [5.41, 5.74) is 0. The van der Waals surface area contributed by atoms with Crippen molar-refractivity contribution in [3.05, 3.63) is 0 Å². The maximum atomic E-state index is 4.97. The quantitative estimate of drug-likeness (QED) is 0.468. The molecule has 2 heterocycles. The van der Waals surface area contributed by atoms with Gasteiger partial charge in [-0.3, -0.25) is 4.99 Å². The lowest BCUT2D eigenvalue weighted by Gasteiger charge is -2.22. The zero-order valence-electron chi connectivity index (χ0n) is 16.6. The van der Waals surface area contributed by atoms with Crippen molar-refractivity contribution >= 4 is 5.96 Å². The lowest BCUT2D eigenvalue weighted by atomic mass is 9.82. The largest absolute Gasteiger partial charge is 0.357 e. The van der Waals surface area contributed by atoms with Gasteiger partial charge >= 0.3 is 0 Å². The Bertz CT molecular complexity index is 410. The van der Waals surface area contributed by atoms with Gasteiger partial charge in [0.15, 0.2) is 5.96 Å². The van der Waals surface area contributed by atoms with E-state index in [9.17, 15) is 0 Å². The minimum absolute atomic E-state index is 0.923. The van der Waals surface area contributed by atoms with Gasteiger partial charge in [0.2, 0.25) is 0 Å². The van der Waals surface area contributed by atoms with Crippen molar-refractivity contribution in [1.82, 2.24) is 20.0 Å². The van der Waals surface area contributed by atoms with Crippen molar-refractivity contribution in [3.8, 4) is 0 Å². The first-order chi connectivity index (χ1) is 12.3. The van der Waals surface area contributed by atoms with Crippen molar-refractivity contribution in [2.24, 2.45) is 16.8 Å². The number of likely N-dealkylation sites (tertiary alicyclic amines) is 1. The van der Waals surface area contributed by atoms with E-state index in [1.165, 1.54) is 90.3 Å². The van der Waals surface area contributed by atoms with Crippen LogP contribution in [0.3, 0.4) is 0 Å². The van der Waals surface area contributed by atoms with Crippen molar-refractivity contribution in [3.63, 3.8) is 0 Å². The molecule has 0 radical (unpaired) electrons. The van der Waals surface area contributed by atoms with Gasteiger partial charge in [-0.05, 0) is 71.1 Å². The number of guanidine groups is 1. The molecule has 0 aromatic carbocycles. The highest BCUT2D eigenvalue weighted by Crippen LogP contribution is 2.35. The fourth-order valence-electron chi connectivity index (χ4n) is 4.81. The summed E-state index contributed by atoms with van der Waals surface area (Å²) in [5, 5.41) is 3.54. The molecule has 1 saturated carbocycles. The molecule has 0 amide bonds. The number of nitrogens with zero attached hydrogens (tertiary/aromatic N) is 4. The summed E-state index contributed by atoms with van der Waals surface area (Å²) < 4.78 is 0. The smallest absolute Gasteiger partial charge is 0.193 e. The number of likely N-dealkylation sites (N-methyl/N-ethyl adjacent to an activating group) is 1. The average molecular weight is 350 g/mol. The molecule has 1 N–H and O–H groups in total. The van der Waals surface area contributed by atoms with Crippen LogP contribution in [0, 0.1) is 11.8 Å². The van der Waals surface area contributed by atoms with E-state index < -0.39 is 0 Å². The Morgan fingerprint density at radius 2 is 1.76 bits per heavy atom. The summed E-state index contributed by atoms with van der Waals surface area (Å²) in [6.07, 6.45) is 8.23. The van der Waals surface area contributed by atoms with E-state index in [-0.39, 0.29) is 0 Å². The van der Waals surface area contributed by atoms with Gasteiger partial charge in [-0.25, -0.2) is 0 Å². The van der Waals surface area contributed by atoms with Crippen LogP contribution in [0.15, 0.2) is 4.99 Å². The highest BCUT2D eigenvalue weighted by molar-refractivity contribution is 5.80. The summed E-state index contributed by atoms with van der Waals surface area (Å²) in [4.78, 5) is 12.6. The van der Waals surface area contributed by atoms with Crippen molar-refractivity contribution in [2.75, 3.05) is 66.0 Å². The second-order valence-electron chi connectivity index (χ2n) is 8.30. The van der Waals surface area contributed by atoms with Crippen LogP contribution in [0.5, 0.6) is 0 Å². The van der Waals surface area contributed by atoms with Gasteiger partial charge in [0, 0.05) is 39.3 Å². The molecule has 2 saturated heterocycles. The van der Waals surface area contributed by atoms with Gasteiger partial charge in [-0.15, -0.1) is 0 Å². The van der Waals surface area contributed by atoms with Crippen LogP contribution in [0.25, 0.3) is 0 Å². The summed E-state index contributed by atoms with van der Waals surface area (Å²) >= 11 is 0. The molecule has 0 aromatic rings. The van der Waals surface area contributed by atoms with E-state index in [1.54, 1.807) is 0 Å². The van der Waals surface area contributed by atoms with E-state index >= 15 is 0 Å². The van der Waals surface area contributed by atoms with Crippen LogP contribution >= 0.6 is 0 Å². The maximum absolute atomic E-state index is 4.97. The summed E-state index contributed by atoms with van der Waals surface area (Å²) in [5.74, 6) is 3.02. The first kappa shape index (κ1) is 19.0. The Hall–Kier alpha value is -0.810. The van der Waals surface area contributed by atoms with Crippen molar-refractivity contribution in [2.45, 2.75) is 45.4 Å². The van der Waals surface area contributed by atoms with Crippen molar-refractivity contribution < 1.29 is 0 Å². The minimum Gasteiger partial charge on any atom is -0.357 e. The van der Waals surface area contributed by atoms with E-state index in [4.69, 9.17) is 4.99 Å². The molecule has 3 fully saturated rings. The topological polar surface area (TPSA) is 34.1 Å². The first-order valence-corrected chi connectivity index (χ1v) is 10.7. The Morgan fingerprint density at radius 1 is 1.00 bits per heavy atom. The number of hydrogen-bond acceptors (Lipinski definition) is 3. The first-order valence-electron chi connectivity index (χ1n) is 10.7. The number of aliphatic imine (C=N–C) groups is 1. The number of rotatable bonds is 5. The summed E-state index contributed by atoms with van der Waals surface area (Å²) in [6.45, 7) is 12.7. The highest BCUT2D eigenvalue weighted by atomic mass is 15.3. The molecule has 0 bridgehead atoms. The molecule has 25 heavy (non-hydrogen) atoms. The normalized spacial score (nSPS) is 29.5. The summed E-state index contributed by atoms with van der Waals surface area (Å²) in [7, 11) is 2.24. The van der Waals surface area contributed by atoms with Gasteiger partial charge in [0.25, 0.3) is 0 Å². The predicted octanol–water partition coefficient (Wildman–Crippen LogP) is 2.10. The second kappa shape index (κ2) is 9.77. The van der Waals surface area contributed by atoms with E-state index in [2.05, 4.69) is 34.0 Å². The number of nitrogens with one attached hydrogen (secondary N) is 1. The standard InChI is InChI=1S/C20H39N5/c1-3-21-20(25-16-18-8-4-5-9-19(18)17-25)22-10-6-12-24-13-7-11-23(2)14-15-24/h18-19H,3-17H2,1-2H3,(H,21,22). The van der Waals surface area contributed by atoms with Gasteiger partial charge in [0.05, 0.1) is 0 Å². The Balaban J connectivity index is 1.44. The molecule has 144 valence electrons. The predicted molar refractivity (Wildman–Crippen MR) is 106 cm³/mol. The van der Waals surface area contributed by atoms with Gasteiger partial charge < -0.3 is 20.0 Å². The van der Waals surface area contributed by atoms with Crippen LogP contribution < -0.4 is 5.32 Å². The van der Waals surface area contributed by atoms with Gasteiger partial charge in [-0.2, -0.15) is 0 Å². The molecule has 3 aliphatic rings. The molecule has 0 spiro atoms. The third-order valence-corrected chi connectivity index (χ3v) is 6.32. The zero-order chi connectivity index (χ0) is 17.5. The molecule has 3 rings (SSSR count). The van der Waals surface area contributed by atoms with Crippen LogP contribution in [0.4, 0.5) is 0 Å². The Morgan fingerprint density at radius 3 is 2.48 bits per heavy atom. The van der Waals surface area contributed by atoms with Crippen LogP contribution in [0.2, 0.25) is 0 Å². The summed E-state index contributed by atoms with van der Waals surface area (Å²) in [6, 6.07) is 0. The van der Waals surface area contributed by atoms with Crippen LogP contribution in [0.1, 0.15) is 45.4 Å². The molecule has 2 unspecified atom stereocenters. The fraction of sp³-hybridized carbons (Fsp3) is 0.950. The molecule has 5 nitrogen and oxygen atoms in total. The molecule has 1 aliphatic carbocycles. The van der Waals surface area contributed by atoms with E-state index in [0.29, 0.717) is 0 Å². The lowest BCUT2D eigenvalue weighted by Crippen LogP contribution is -2.40. The monoisotopic (exact) mass is 349 g/mol. The van der Waals surface area contributed by atoms with Crippen LogP contribution in [-0.4, -0.2) is 86.6 Å².